The van der Waals surface area contributed by atoms with E-state index in [9.17, 15) is 0 Å². The third kappa shape index (κ3) is 3.40. The maximum Gasteiger partial charge on any atom is 0.0553 e. The Balaban J connectivity index is 1.29. The van der Waals surface area contributed by atoms with Crippen LogP contribution < -0.4 is 4.90 Å². The van der Waals surface area contributed by atoms with Gasteiger partial charge in [-0.05, 0) is 80.9 Å². The first-order valence-electron chi connectivity index (χ1n) is 10.6. The van der Waals surface area contributed by atoms with Gasteiger partial charge in [-0.3, -0.25) is 0 Å². The van der Waals surface area contributed by atoms with E-state index in [4.69, 9.17) is 0 Å². The van der Waals surface area contributed by atoms with E-state index in [1.807, 2.05) is 11.8 Å². The van der Waals surface area contributed by atoms with Crippen LogP contribution in [0.1, 0.15) is 44.1 Å². The minimum absolute atomic E-state index is 0.693. The lowest BCUT2D eigenvalue weighted by Gasteiger charge is -2.33. The van der Waals surface area contributed by atoms with Crippen molar-refractivity contribution in [1.82, 2.24) is 4.90 Å². The van der Waals surface area contributed by atoms with Crippen molar-refractivity contribution in [1.29, 1.82) is 0 Å². The zero-order valence-corrected chi connectivity index (χ0v) is 17.2. The summed E-state index contributed by atoms with van der Waals surface area (Å²) in [4.78, 5) is 8.09. The Kier molecular flexibility index (Phi) is 4.69. The van der Waals surface area contributed by atoms with Gasteiger partial charge in [0.15, 0.2) is 0 Å². The standard InChI is InChI=1S/C24H30N2S/c1-19-9-10-21-23(17-19)27-22-8-3-2-7-20(22)26(21)15-6-14-25-16-13-24(18-25)11-4-5-12-24/h2-3,7-10,17H,4-6,11-16,18H2,1H3. The molecule has 2 heterocycles. The van der Waals surface area contributed by atoms with Crippen LogP contribution in [0.4, 0.5) is 11.4 Å². The van der Waals surface area contributed by atoms with E-state index < -0.39 is 0 Å². The maximum absolute atomic E-state index is 2.74. The van der Waals surface area contributed by atoms with Crippen molar-refractivity contribution < 1.29 is 0 Å². The topological polar surface area (TPSA) is 6.48 Å². The van der Waals surface area contributed by atoms with Gasteiger partial charge in [-0.25, -0.2) is 0 Å². The first-order valence-corrected chi connectivity index (χ1v) is 11.4. The first-order chi connectivity index (χ1) is 13.2. The van der Waals surface area contributed by atoms with Crippen LogP contribution in [0.5, 0.6) is 0 Å². The van der Waals surface area contributed by atoms with Gasteiger partial charge in [-0.1, -0.05) is 42.8 Å². The molecule has 1 aliphatic carbocycles. The number of anilines is 2. The van der Waals surface area contributed by atoms with Crippen molar-refractivity contribution in [3.63, 3.8) is 0 Å². The van der Waals surface area contributed by atoms with Gasteiger partial charge in [0.05, 0.1) is 11.4 Å². The fourth-order valence-electron chi connectivity index (χ4n) is 5.39. The maximum atomic E-state index is 2.74. The van der Waals surface area contributed by atoms with Crippen molar-refractivity contribution in [2.75, 3.05) is 31.1 Å². The van der Waals surface area contributed by atoms with Crippen LogP contribution in [0.3, 0.4) is 0 Å². The molecule has 0 atom stereocenters. The molecule has 0 unspecified atom stereocenters. The summed E-state index contributed by atoms with van der Waals surface area (Å²) in [7, 11) is 0. The highest BCUT2D eigenvalue weighted by atomic mass is 32.2. The van der Waals surface area contributed by atoms with Crippen LogP contribution in [-0.4, -0.2) is 31.1 Å². The summed E-state index contributed by atoms with van der Waals surface area (Å²) < 4.78 is 0. The third-order valence-corrected chi connectivity index (χ3v) is 7.93. The van der Waals surface area contributed by atoms with E-state index in [-0.39, 0.29) is 0 Å². The van der Waals surface area contributed by atoms with Crippen LogP contribution >= 0.6 is 11.8 Å². The zero-order chi connectivity index (χ0) is 18.3. The van der Waals surface area contributed by atoms with Gasteiger partial charge in [-0.15, -0.1) is 0 Å². The lowest BCUT2D eigenvalue weighted by molar-refractivity contribution is 0.260. The van der Waals surface area contributed by atoms with E-state index in [0.29, 0.717) is 5.41 Å². The number of rotatable bonds is 4. The van der Waals surface area contributed by atoms with E-state index >= 15 is 0 Å². The molecule has 1 saturated carbocycles. The second kappa shape index (κ2) is 7.18. The summed E-state index contributed by atoms with van der Waals surface area (Å²) in [6, 6.07) is 15.8. The molecule has 142 valence electrons. The Bertz CT molecular complexity index is 825. The molecule has 2 nitrogen and oxygen atoms in total. The van der Waals surface area contributed by atoms with Crippen LogP contribution in [-0.2, 0) is 0 Å². The molecule has 0 radical (unpaired) electrons. The molecule has 1 spiro atoms. The SMILES string of the molecule is Cc1ccc2c(c1)Sc1ccccc1N2CCCN1CCC2(CCCC2)C1. The number of fused-ring (bicyclic) bond motifs is 2. The van der Waals surface area contributed by atoms with E-state index in [2.05, 4.69) is 59.2 Å². The fourth-order valence-corrected chi connectivity index (χ4v) is 6.58. The number of nitrogens with zero attached hydrogens (tertiary/aromatic N) is 2. The highest BCUT2D eigenvalue weighted by Gasteiger charge is 2.39. The molecule has 5 rings (SSSR count). The Labute approximate surface area is 167 Å². The van der Waals surface area contributed by atoms with Gasteiger partial charge < -0.3 is 9.80 Å². The quantitative estimate of drug-likeness (QED) is 0.620. The molecule has 0 aromatic heterocycles. The molecule has 3 aliphatic rings. The van der Waals surface area contributed by atoms with Crippen LogP contribution in [0.2, 0.25) is 0 Å². The minimum Gasteiger partial charge on any atom is -0.340 e. The number of likely N-dealkylation sites (tertiary alicyclic amines) is 1. The van der Waals surface area contributed by atoms with Crippen LogP contribution in [0.25, 0.3) is 0 Å². The lowest BCUT2D eigenvalue weighted by Crippen LogP contribution is -2.29. The summed E-state index contributed by atoms with van der Waals surface area (Å²) in [6.45, 7) is 7.22. The highest BCUT2D eigenvalue weighted by Crippen LogP contribution is 2.48. The monoisotopic (exact) mass is 378 g/mol. The van der Waals surface area contributed by atoms with E-state index in [0.717, 1.165) is 6.54 Å². The second-order valence-electron chi connectivity index (χ2n) is 8.78. The van der Waals surface area contributed by atoms with Crippen molar-refractivity contribution >= 4 is 23.1 Å². The molecule has 2 fully saturated rings. The summed E-state index contributed by atoms with van der Waals surface area (Å²) in [6.07, 6.45) is 8.57. The predicted molar refractivity (Wildman–Crippen MR) is 115 cm³/mol. The number of hydrogen-bond donors (Lipinski definition) is 0. The summed E-state index contributed by atoms with van der Waals surface area (Å²) in [5.74, 6) is 0. The van der Waals surface area contributed by atoms with Crippen molar-refractivity contribution in [2.24, 2.45) is 5.41 Å². The largest absolute Gasteiger partial charge is 0.340 e. The number of benzene rings is 2. The van der Waals surface area contributed by atoms with E-state index in [1.165, 1.54) is 84.9 Å². The number of hydrogen-bond acceptors (Lipinski definition) is 3. The van der Waals surface area contributed by atoms with Crippen molar-refractivity contribution in [3.8, 4) is 0 Å². The van der Waals surface area contributed by atoms with Gasteiger partial charge in [0.1, 0.15) is 0 Å². The first kappa shape index (κ1) is 17.6. The molecule has 3 heteroatoms. The van der Waals surface area contributed by atoms with Gasteiger partial charge in [0.2, 0.25) is 0 Å². The normalized spacial score (nSPS) is 20.9. The van der Waals surface area contributed by atoms with Gasteiger partial charge >= 0.3 is 0 Å². The molecule has 0 amide bonds. The van der Waals surface area contributed by atoms with Gasteiger partial charge in [0.25, 0.3) is 0 Å². The molecule has 1 saturated heterocycles. The average molecular weight is 379 g/mol. The molecule has 0 bridgehead atoms. The Morgan fingerprint density at radius 2 is 1.74 bits per heavy atom. The number of para-hydroxylation sites is 1. The summed E-state index contributed by atoms with van der Waals surface area (Å²) in [5.41, 5.74) is 4.81. The third-order valence-electron chi connectivity index (χ3n) is 6.82. The highest BCUT2D eigenvalue weighted by molar-refractivity contribution is 7.99. The lowest BCUT2D eigenvalue weighted by atomic mass is 9.86. The number of aryl methyl sites for hydroxylation is 1. The van der Waals surface area contributed by atoms with Crippen molar-refractivity contribution in [2.45, 2.75) is 55.2 Å². The van der Waals surface area contributed by atoms with Gasteiger partial charge in [0, 0.05) is 22.9 Å². The van der Waals surface area contributed by atoms with E-state index in [1.54, 1.807) is 0 Å². The van der Waals surface area contributed by atoms with Gasteiger partial charge in [-0.2, -0.15) is 0 Å². The van der Waals surface area contributed by atoms with Crippen LogP contribution in [0, 0.1) is 12.3 Å². The van der Waals surface area contributed by atoms with Crippen molar-refractivity contribution in [3.05, 3.63) is 48.0 Å². The summed E-state index contributed by atoms with van der Waals surface area (Å²) in [5, 5.41) is 0. The second-order valence-corrected chi connectivity index (χ2v) is 9.86. The molecule has 0 N–H and O–H groups in total. The average Bonchev–Trinajstić information content (AvgIpc) is 3.30. The zero-order valence-electron chi connectivity index (χ0n) is 16.4. The smallest absolute Gasteiger partial charge is 0.0553 e. The molecule has 2 aromatic carbocycles. The Morgan fingerprint density at radius 3 is 2.63 bits per heavy atom. The summed E-state index contributed by atoms with van der Waals surface area (Å²) >= 11 is 1.92. The predicted octanol–water partition coefficient (Wildman–Crippen LogP) is 6.25. The molecular formula is C24H30N2S. The van der Waals surface area contributed by atoms with Crippen LogP contribution in [0.15, 0.2) is 52.3 Å². The molecular weight excluding hydrogens is 348 g/mol. The molecule has 2 aliphatic heterocycles. The Hall–Kier alpha value is -1.45. The molecule has 27 heavy (non-hydrogen) atoms. The Morgan fingerprint density at radius 1 is 0.926 bits per heavy atom. The molecule has 2 aromatic rings. The fraction of sp³-hybridized carbons (Fsp3) is 0.500. The minimum atomic E-state index is 0.693.